The van der Waals surface area contributed by atoms with Gasteiger partial charge in [-0.2, -0.15) is 0 Å². The van der Waals surface area contributed by atoms with Gasteiger partial charge in [-0.15, -0.1) is 0 Å². The zero-order valence-electron chi connectivity index (χ0n) is 13.4. The van der Waals surface area contributed by atoms with Crippen LogP contribution in [-0.4, -0.2) is 23.4 Å². The van der Waals surface area contributed by atoms with E-state index < -0.39 is 0 Å². The minimum absolute atomic E-state index is 0.0451. The quantitative estimate of drug-likeness (QED) is 0.860. The van der Waals surface area contributed by atoms with Crippen molar-refractivity contribution in [3.63, 3.8) is 0 Å². The normalized spacial score (nSPS) is 10.7. The van der Waals surface area contributed by atoms with Crippen LogP contribution in [-0.2, 0) is 18.0 Å². The number of aliphatic hydroxyl groups is 2. The van der Waals surface area contributed by atoms with Gasteiger partial charge in [0.15, 0.2) is 0 Å². The second-order valence-electron chi connectivity index (χ2n) is 5.94. The van der Waals surface area contributed by atoms with Gasteiger partial charge < -0.3 is 14.9 Å². The predicted molar refractivity (Wildman–Crippen MR) is 89.3 cm³/mol. The molecule has 0 saturated carbocycles. The average Bonchev–Trinajstić information content (AvgIpc) is 2.57. The van der Waals surface area contributed by atoms with Gasteiger partial charge in [-0.05, 0) is 11.1 Å². The van der Waals surface area contributed by atoms with Crippen LogP contribution in [0.1, 0.15) is 25.0 Å². The summed E-state index contributed by atoms with van der Waals surface area (Å²) >= 11 is 0. The van der Waals surface area contributed by atoms with E-state index in [1.807, 2.05) is 36.4 Å². The van der Waals surface area contributed by atoms with E-state index in [1.54, 1.807) is 13.8 Å². The SMILES string of the molecule is CC(C)(CO)CO.c1ccc(COCc2ccccc2)cc1. The molecule has 0 saturated heterocycles. The molecular formula is C19H26O3. The van der Waals surface area contributed by atoms with Crippen molar-refractivity contribution >= 4 is 0 Å². The predicted octanol–water partition coefficient (Wildman–Crippen LogP) is 3.40. The molecule has 0 heterocycles. The van der Waals surface area contributed by atoms with Crippen LogP contribution >= 0.6 is 0 Å². The van der Waals surface area contributed by atoms with Gasteiger partial charge in [0.2, 0.25) is 0 Å². The van der Waals surface area contributed by atoms with Crippen LogP contribution in [0.25, 0.3) is 0 Å². The monoisotopic (exact) mass is 302 g/mol. The number of ether oxygens (including phenoxy) is 1. The molecule has 2 aromatic rings. The van der Waals surface area contributed by atoms with Crippen LogP contribution in [0, 0.1) is 5.41 Å². The smallest absolute Gasteiger partial charge is 0.0721 e. The molecule has 0 radical (unpaired) electrons. The summed E-state index contributed by atoms with van der Waals surface area (Å²) in [5.41, 5.74) is 2.13. The van der Waals surface area contributed by atoms with E-state index in [2.05, 4.69) is 24.3 Å². The number of benzene rings is 2. The van der Waals surface area contributed by atoms with Crippen molar-refractivity contribution in [1.29, 1.82) is 0 Å². The van der Waals surface area contributed by atoms with Crippen LogP contribution in [0.15, 0.2) is 60.7 Å². The molecule has 0 fully saturated rings. The Morgan fingerprint density at radius 3 is 1.36 bits per heavy atom. The third-order valence-electron chi connectivity index (χ3n) is 3.08. The standard InChI is InChI=1S/C14H14O.C5H12O2/c1-3-7-13(8-4-1)11-15-12-14-9-5-2-6-10-14;1-5(2,3-6)4-7/h1-10H,11-12H2;6-7H,3-4H2,1-2H3. The molecule has 2 rings (SSSR count). The first-order valence-electron chi connectivity index (χ1n) is 7.45. The summed E-state index contributed by atoms with van der Waals surface area (Å²) in [6, 6.07) is 20.4. The Hall–Kier alpha value is -1.68. The Kier molecular flexibility index (Phi) is 8.44. The van der Waals surface area contributed by atoms with Crippen molar-refractivity contribution in [2.45, 2.75) is 27.1 Å². The highest BCUT2D eigenvalue weighted by Crippen LogP contribution is 2.10. The summed E-state index contributed by atoms with van der Waals surface area (Å²) in [5, 5.41) is 16.9. The fourth-order valence-corrected chi connectivity index (χ4v) is 1.49. The Bertz CT molecular complexity index is 449. The first-order valence-corrected chi connectivity index (χ1v) is 7.45. The maximum Gasteiger partial charge on any atom is 0.0721 e. The van der Waals surface area contributed by atoms with Gasteiger partial charge >= 0.3 is 0 Å². The van der Waals surface area contributed by atoms with E-state index in [0.717, 1.165) is 0 Å². The highest BCUT2D eigenvalue weighted by molar-refractivity contribution is 5.15. The maximum absolute atomic E-state index is 8.43. The molecule has 2 N–H and O–H groups in total. The number of aliphatic hydroxyl groups excluding tert-OH is 2. The molecule has 120 valence electrons. The topological polar surface area (TPSA) is 49.7 Å². The Morgan fingerprint density at radius 1 is 0.727 bits per heavy atom. The molecule has 0 unspecified atom stereocenters. The van der Waals surface area contributed by atoms with Crippen LogP contribution < -0.4 is 0 Å². The lowest BCUT2D eigenvalue weighted by atomic mass is 9.97. The van der Waals surface area contributed by atoms with Crippen molar-refractivity contribution in [1.82, 2.24) is 0 Å². The number of hydrogen-bond donors (Lipinski definition) is 2. The molecule has 2 aromatic carbocycles. The Balaban J connectivity index is 0.000000295. The van der Waals surface area contributed by atoms with Crippen LogP contribution in [0.5, 0.6) is 0 Å². The third-order valence-corrected chi connectivity index (χ3v) is 3.08. The molecular weight excluding hydrogens is 276 g/mol. The van der Waals surface area contributed by atoms with Crippen molar-refractivity contribution in [2.75, 3.05) is 13.2 Å². The molecule has 0 atom stereocenters. The third kappa shape index (κ3) is 7.93. The molecule has 0 bridgehead atoms. The zero-order valence-corrected chi connectivity index (χ0v) is 13.4. The lowest BCUT2D eigenvalue weighted by molar-refractivity contribution is 0.0857. The van der Waals surface area contributed by atoms with E-state index in [4.69, 9.17) is 14.9 Å². The van der Waals surface area contributed by atoms with E-state index >= 15 is 0 Å². The fraction of sp³-hybridized carbons (Fsp3) is 0.368. The second kappa shape index (κ2) is 10.1. The Morgan fingerprint density at radius 2 is 1.09 bits per heavy atom. The molecule has 0 aliphatic heterocycles. The molecule has 0 amide bonds. The van der Waals surface area contributed by atoms with Gasteiger partial charge in [0.1, 0.15) is 0 Å². The van der Waals surface area contributed by atoms with Gasteiger partial charge in [0.25, 0.3) is 0 Å². The van der Waals surface area contributed by atoms with Gasteiger partial charge in [-0.3, -0.25) is 0 Å². The number of hydrogen-bond acceptors (Lipinski definition) is 3. The van der Waals surface area contributed by atoms with Gasteiger partial charge in [-0.1, -0.05) is 74.5 Å². The lowest BCUT2D eigenvalue weighted by Gasteiger charge is -2.16. The van der Waals surface area contributed by atoms with E-state index in [9.17, 15) is 0 Å². The summed E-state index contributed by atoms with van der Waals surface area (Å²) in [4.78, 5) is 0. The molecule has 0 aliphatic rings. The minimum Gasteiger partial charge on any atom is -0.396 e. The summed E-state index contributed by atoms with van der Waals surface area (Å²) in [6.45, 7) is 5.04. The fourth-order valence-electron chi connectivity index (χ4n) is 1.49. The van der Waals surface area contributed by atoms with E-state index in [-0.39, 0.29) is 18.6 Å². The lowest BCUT2D eigenvalue weighted by Crippen LogP contribution is -2.20. The molecule has 0 spiro atoms. The van der Waals surface area contributed by atoms with Crippen molar-refractivity contribution < 1.29 is 14.9 Å². The van der Waals surface area contributed by atoms with Crippen LogP contribution in [0.4, 0.5) is 0 Å². The highest BCUT2D eigenvalue weighted by atomic mass is 16.5. The van der Waals surface area contributed by atoms with E-state index in [1.165, 1.54) is 11.1 Å². The summed E-state index contributed by atoms with van der Waals surface area (Å²) in [6.07, 6.45) is 0. The first kappa shape index (κ1) is 18.4. The molecule has 22 heavy (non-hydrogen) atoms. The van der Waals surface area contributed by atoms with Gasteiger partial charge in [0.05, 0.1) is 26.4 Å². The van der Waals surface area contributed by atoms with Crippen molar-refractivity contribution in [3.8, 4) is 0 Å². The van der Waals surface area contributed by atoms with Crippen LogP contribution in [0.2, 0.25) is 0 Å². The molecule has 3 nitrogen and oxygen atoms in total. The highest BCUT2D eigenvalue weighted by Gasteiger charge is 2.13. The minimum atomic E-state index is -0.306. The molecule has 0 aliphatic carbocycles. The van der Waals surface area contributed by atoms with Gasteiger partial charge in [-0.25, -0.2) is 0 Å². The molecule has 3 heteroatoms. The van der Waals surface area contributed by atoms with Crippen molar-refractivity contribution in [3.05, 3.63) is 71.8 Å². The largest absolute Gasteiger partial charge is 0.396 e. The summed E-state index contributed by atoms with van der Waals surface area (Å²) in [5.74, 6) is 0. The van der Waals surface area contributed by atoms with Gasteiger partial charge in [0, 0.05) is 5.41 Å². The summed E-state index contributed by atoms with van der Waals surface area (Å²) < 4.78 is 5.61. The zero-order chi connectivity index (χ0) is 16.3. The van der Waals surface area contributed by atoms with Crippen LogP contribution in [0.3, 0.4) is 0 Å². The van der Waals surface area contributed by atoms with E-state index in [0.29, 0.717) is 13.2 Å². The first-order chi connectivity index (χ1) is 10.6. The second-order valence-corrected chi connectivity index (χ2v) is 5.94. The van der Waals surface area contributed by atoms with Crippen molar-refractivity contribution in [2.24, 2.45) is 5.41 Å². The Labute approximate surface area is 133 Å². The molecule has 0 aromatic heterocycles. The average molecular weight is 302 g/mol. The summed E-state index contributed by atoms with van der Waals surface area (Å²) in [7, 11) is 0. The maximum atomic E-state index is 8.43. The number of rotatable bonds is 6.